The molecular formula is C14H20N2O3. The number of phenolic OH excluding ortho intramolecular Hbond substituents is 2. The van der Waals surface area contributed by atoms with Crippen LogP contribution >= 0.6 is 0 Å². The van der Waals surface area contributed by atoms with Gasteiger partial charge in [0, 0.05) is 25.2 Å². The molecule has 5 nitrogen and oxygen atoms in total. The zero-order valence-corrected chi connectivity index (χ0v) is 10.9. The van der Waals surface area contributed by atoms with Gasteiger partial charge >= 0.3 is 0 Å². The average molecular weight is 264 g/mol. The minimum absolute atomic E-state index is 0.0553. The van der Waals surface area contributed by atoms with E-state index in [4.69, 9.17) is 5.73 Å². The number of amides is 1. The van der Waals surface area contributed by atoms with Crippen molar-refractivity contribution in [3.8, 4) is 11.5 Å². The lowest BCUT2D eigenvalue weighted by atomic mass is 10.1. The van der Waals surface area contributed by atoms with Crippen LogP contribution in [0.1, 0.15) is 36.0 Å². The molecule has 1 fully saturated rings. The molecule has 4 N–H and O–H groups in total. The molecule has 0 heterocycles. The second kappa shape index (κ2) is 5.93. The van der Waals surface area contributed by atoms with E-state index in [1.165, 1.54) is 18.2 Å². The molecule has 0 saturated heterocycles. The molecule has 0 aliphatic heterocycles. The molecule has 104 valence electrons. The summed E-state index contributed by atoms with van der Waals surface area (Å²) in [7, 11) is 0. The molecule has 1 aromatic carbocycles. The first kappa shape index (κ1) is 13.7. The van der Waals surface area contributed by atoms with Crippen molar-refractivity contribution < 1.29 is 15.0 Å². The fourth-order valence-electron chi connectivity index (χ4n) is 2.66. The van der Waals surface area contributed by atoms with Crippen LogP contribution in [0.3, 0.4) is 0 Å². The van der Waals surface area contributed by atoms with E-state index in [0.717, 1.165) is 25.7 Å². The first-order valence-corrected chi connectivity index (χ1v) is 6.66. The summed E-state index contributed by atoms with van der Waals surface area (Å²) in [6.45, 7) is 0.894. The molecule has 19 heavy (non-hydrogen) atoms. The third kappa shape index (κ3) is 2.98. The lowest BCUT2D eigenvalue weighted by Crippen LogP contribution is -2.42. The predicted octanol–water partition coefficient (Wildman–Crippen LogP) is 1.44. The van der Waals surface area contributed by atoms with Crippen LogP contribution in [-0.4, -0.2) is 40.2 Å². The van der Waals surface area contributed by atoms with Gasteiger partial charge in [0.2, 0.25) is 0 Å². The van der Waals surface area contributed by atoms with Crippen LogP contribution in [0.5, 0.6) is 11.5 Å². The standard InChI is InChI=1S/C14H20N2O3/c15-7-8-16(10-3-1-2-4-10)14(19)12-6-5-11(17)9-13(12)18/h5-6,9-10,17-18H,1-4,7-8,15H2. The predicted molar refractivity (Wildman–Crippen MR) is 72.1 cm³/mol. The Morgan fingerprint density at radius 2 is 2.00 bits per heavy atom. The Labute approximate surface area is 112 Å². The van der Waals surface area contributed by atoms with Crippen LogP contribution in [0.15, 0.2) is 18.2 Å². The van der Waals surface area contributed by atoms with Crippen LogP contribution < -0.4 is 5.73 Å². The summed E-state index contributed by atoms with van der Waals surface area (Å²) in [6, 6.07) is 4.25. The lowest BCUT2D eigenvalue weighted by molar-refractivity contribution is 0.0685. The number of carbonyl (C=O) groups excluding carboxylic acids is 1. The molecule has 1 saturated carbocycles. The van der Waals surface area contributed by atoms with E-state index >= 15 is 0 Å². The molecule has 1 aliphatic rings. The number of rotatable bonds is 4. The molecule has 0 aromatic heterocycles. The summed E-state index contributed by atoms with van der Waals surface area (Å²) >= 11 is 0. The molecule has 1 aromatic rings. The van der Waals surface area contributed by atoms with E-state index in [0.29, 0.717) is 13.1 Å². The van der Waals surface area contributed by atoms with Crippen molar-refractivity contribution >= 4 is 5.91 Å². The van der Waals surface area contributed by atoms with Gasteiger partial charge in [0.25, 0.3) is 5.91 Å². The van der Waals surface area contributed by atoms with Crippen molar-refractivity contribution in [2.75, 3.05) is 13.1 Å². The van der Waals surface area contributed by atoms with Gasteiger partial charge in [-0.15, -0.1) is 0 Å². The SMILES string of the molecule is NCCN(C(=O)c1ccc(O)cc1O)C1CCCC1. The van der Waals surface area contributed by atoms with Crippen molar-refractivity contribution in [1.82, 2.24) is 4.90 Å². The maximum Gasteiger partial charge on any atom is 0.257 e. The Kier molecular flexibility index (Phi) is 4.27. The summed E-state index contributed by atoms with van der Waals surface area (Å²) in [5.74, 6) is -0.458. The van der Waals surface area contributed by atoms with Gasteiger partial charge < -0.3 is 20.8 Å². The van der Waals surface area contributed by atoms with Gasteiger partial charge in [0.05, 0.1) is 5.56 Å². The quantitative estimate of drug-likeness (QED) is 0.768. The van der Waals surface area contributed by atoms with Gasteiger partial charge in [-0.25, -0.2) is 0 Å². The summed E-state index contributed by atoms with van der Waals surface area (Å²) in [6.07, 6.45) is 4.23. The monoisotopic (exact) mass is 264 g/mol. The minimum Gasteiger partial charge on any atom is -0.508 e. The van der Waals surface area contributed by atoms with E-state index in [-0.39, 0.29) is 29.0 Å². The topological polar surface area (TPSA) is 86.8 Å². The molecule has 2 rings (SSSR count). The highest BCUT2D eigenvalue weighted by atomic mass is 16.3. The first-order chi connectivity index (χ1) is 9.13. The van der Waals surface area contributed by atoms with Crippen molar-refractivity contribution in [2.24, 2.45) is 5.73 Å². The fraction of sp³-hybridized carbons (Fsp3) is 0.500. The molecule has 0 unspecified atom stereocenters. The normalized spacial score (nSPS) is 15.6. The molecule has 0 spiro atoms. The first-order valence-electron chi connectivity index (χ1n) is 6.66. The van der Waals surface area contributed by atoms with Crippen LogP contribution in [0.25, 0.3) is 0 Å². The highest BCUT2D eigenvalue weighted by molar-refractivity contribution is 5.97. The molecule has 1 aliphatic carbocycles. The highest BCUT2D eigenvalue weighted by Gasteiger charge is 2.28. The summed E-state index contributed by atoms with van der Waals surface area (Å²) in [5, 5.41) is 19.1. The Balaban J connectivity index is 2.22. The Morgan fingerprint density at radius 1 is 1.32 bits per heavy atom. The van der Waals surface area contributed by atoms with Gasteiger partial charge in [-0.05, 0) is 25.0 Å². The number of carbonyl (C=O) groups is 1. The van der Waals surface area contributed by atoms with Gasteiger partial charge in [0.15, 0.2) is 0 Å². The van der Waals surface area contributed by atoms with Crippen molar-refractivity contribution in [3.05, 3.63) is 23.8 Å². The number of hydrogen-bond donors (Lipinski definition) is 3. The second-order valence-electron chi connectivity index (χ2n) is 4.93. The number of hydrogen-bond acceptors (Lipinski definition) is 4. The second-order valence-corrected chi connectivity index (χ2v) is 4.93. The third-order valence-electron chi connectivity index (χ3n) is 3.61. The number of benzene rings is 1. The average Bonchev–Trinajstić information content (AvgIpc) is 2.89. The summed E-state index contributed by atoms with van der Waals surface area (Å²) in [4.78, 5) is 14.2. The summed E-state index contributed by atoms with van der Waals surface area (Å²) < 4.78 is 0. The smallest absolute Gasteiger partial charge is 0.257 e. The lowest BCUT2D eigenvalue weighted by Gasteiger charge is -2.28. The van der Waals surface area contributed by atoms with Gasteiger partial charge in [-0.1, -0.05) is 12.8 Å². The highest BCUT2D eigenvalue weighted by Crippen LogP contribution is 2.28. The zero-order valence-electron chi connectivity index (χ0n) is 10.9. The molecule has 0 radical (unpaired) electrons. The molecule has 1 amide bonds. The Morgan fingerprint density at radius 3 is 2.58 bits per heavy atom. The largest absolute Gasteiger partial charge is 0.508 e. The third-order valence-corrected chi connectivity index (χ3v) is 3.61. The van der Waals surface area contributed by atoms with Crippen LogP contribution in [0, 0.1) is 0 Å². The number of nitrogens with zero attached hydrogens (tertiary/aromatic N) is 1. The molecule has 5 heteroatoms. The Bertz CT molecular complexity index is 456. The van der Waals surface area contributed by atoms with Crippen molar-refractivity contribution in [2.45, 2.75) is 31.7 Å². The zero-order chi connectivity index (χ0) is 13.8. The maximum absolute atomic E-state index is 12.5. The number of phenols is 2. The number of nitrogens with two attached hydrogens (primary N) is 1. The van der Waals surface area contributed by atoms with Gasteiger partial charge in [-0.2, -0.15) is 0 Å². The molecule has 0 bridgehead atoms. The van der Waals surface area contributed by atoms with Crippen molar-refractivity contribution in [3.63, 3.8) is 0 Å². The molecular weight excluding hydrogens is 244 g/mol. The van der Waals surface area contributed by atoms with E-state index in [1.807, 2.05) is 0 Å². The van der Waals surface area contributed by atoms with Gasteiger partial charge in [0.1, 0.15) is 11.5 Å². The van der Waals surface area contributed by atoms with Crippen LogP contribution in [0.2, 0.25) is 0 Å². The minimum atomic E-state index is -0.213. The fourth-order valence-corrected chi connectivity index (χ4v) is 2.66. The van der Waals surface area contributed by atoms with Crippen molar-refractivity contribution in [1.29, 1.82) is 0 Å². The summed E-state index contributed by atoms with van der Waals surface area (Å²) in [5.41, 5.74) is 5.80. The van der Waals surface area contributed by atoms with E-state index < -0.39 is 0 Å². The van der Waals surface area contributed by atoms with Gasteiger partial charge in [-0.3, -0.25) is 4.79 Å². The van der Waals surface area contributed by atoms with E-state index in [2.05, 4.69) is 0 Å². The molecule has 0 atom stereocenters. The maximum atomic E-state index is 12.5. The number of aromatic hydroxyl groups is 2. The Hall–Kier alpha value is -1.75. The van der Waals surface area contributed by atoms with Crippen LogP contribution in [0.4, 0.5) is 0 Å². The van der Waals surface area contributed by atoms with Crippen LogP contribution in [-0.2, 0) is 0 Å². The van der Waals surface area contributed by atoms with E-state index in [1.54, 1.807) is 4.90 Å². The van der Waals surface area contributed by atoms with E-state index in [9.17, 15) is 15.0 Å².